The number of alkyl halides is 2. The molecule has 1 aromatic heterocycles. The molecule has 4 atom stereocenters. The largest absolute Gasteiger partial charge is 0.392 e. The number of hydrogen-bond donors (Lipinski definition) is 5. The lowest BCUT2D eigenvalue weighted by molar-refractivity contribution is 0.0466. The number of hydrogen-bond acceptors (Lipinski definition) is 10. The molecule has 15 heteroatoms. The quantitative estimate of drug-likeness (QED) is 0.296. The van der Waals surface area contributed by atoms with E-state index in [0.717, 1.165) is 6.21 Å². The van der Waals surface area contributed by atoms with Crippen molar-refractivity contribution in [2.45, 2.75) is 37.1 Å². The highest BCUT2D eigenvalue weighted by molar-refractivity contribution is 7.89. The van der Waals surface area contributed by atoms with Crippen LogP contribution in [-0.2, 0) is 19.5 Å². The number of ether oxygens (including phenoxy) is 2. The zero-order valence-electron chi connectivity index (χ0n) is 17.2. The van der Waals surface area contributed by atoms with E-state index in [9.17, 15) is 17.2 Å². The average Bonchev–Trinajstić information content (AvgIpc) is 3.25. The first kappa shape index (κ1) is 24.5. The number of rotatable bonds is 10. The summed E-state index contributed by atoms with van der Waals surface area (Å²) < 4.78 is 63.9. The zero-order valence-corrected chi connectivity index (χ0v) is 18.8. The first-order chi connectivity index (χ1) is 15.0. The Morgan fingerprint density at radius 2 is 2.00 bits per heavy atom. The maximum Gasteiger partial charge on any atom is 0.260 e. The molecule has 5 N–H and O–H groups in total. The van der Waals surface area contributed by atoms with Crippen LogP contribution in [0, 0.1) is 5.41 Å². The van der Waals surface area contributed by atoms with Gasteiger partial charge in [-0.05, 0) is 0 Å². The lowest BCUT2D eigenvalue weighted by Gasteiger charge is -2.20. The Hall–Kier alpha value is -2.13. The molecule has 11 nitrogen and oxygen atoms in total. The van der Waals surface area contributed by atoms with Crippen LogP contribution in [0.4, 0.5) is 20.5 Å². The topological polar surface area (TPSA) is 150 Å². The predicted octanol–water partition coefficient (Wildman–Crippen LogP) is 0.774. The molecule has 32 heavy (non-hydrogen) atoms. The van der Waals surface area contributed by atoms with Gasteiger partial charge in [0.25, 0.3) is 5.92 Å². The molecule has 0 aliphatic carbocycles. The first-order valence-electron chi connectivity index (χ1n) is 9.56. The fourth-order valence-electron chi connectivity index (χ4n) is 3.43. The third kappa shape index (κ3) is 6.22. The van der Waals surface area contributed by atoms with Crippen LogP contribution in [0.1, 0.15) is 6.92 Å². The van der Waals surface area contributed by atoms with Crippen LogP contribution < -0.4 is 20.7 Å². The molecule has 2 saturated heterocycles. The molecule has 0 radical (unpaired) electrons. The number of nitrogens with one attached hydrogen (secondary N) is 5. The summed E-state index contributed by atoms with van der Waals surface area (Å²) in [5.74, 6) is -4.20. The summed E-state index contributed by atoms with van der Waals surface area (Å²) in [5.41, 5.74) is 0.414. The second-order valence-corrected chi connectivity index (χ2v) is 9.61. The molecule has 2 fully saturated rings. The molecule has 178 valence electrons. The predicted molar refractivity (Wildman–Crippen MR) is 115 cm³/mol. The van der Waals surface area contributed by atoms with Crippen molar-refractivity contribution in [3.05, 3.63) is 23.1 Å². The van der Waals surface area contributed by atoms with Crippen LogP contribution in [0.2, 0.25) is 5.02 Å². The fraction of sp³-hybridized carbons (Fsp3) is 0.588. The van der Waals surface area contributed by atoms with E-state index in [4.69, 9.17) is 26.5 Å². The first-order valence-corrected chi connectivity index (χ1v) is 11.6. The van der Waals surface area contributed by atoms with E-state index in [-0.39, 0.29) is 30.0 Å². The molecule has 0 saturated carbocycles. The van der Waals surface area contributed by atoms with Gasteiger partial charge < -0.3 is 30.8 Å². The molecule has 1 aromatic rings. The van der Waals surface area contributed by atoms with E-state index in [2.05, 4.69) is 30.6 Å². The molecule has 3 rings (SSSR count). The summed E-state index contributed by atoms with van der Waals surface area (Å²) in [4.78, 5) is 8.36. The molecule has 0 amide bonds. The number of nitrogens with zero attached hydrogens (tertiary/aromatic N) is 2. The Morgan fingerprint density at radius 3 is 2.62 bits per heavy atom. The van der Waals surface area contributed by atoms with E-state index in [0.29, 0.717) is 12.6 Å². The summed E-state index contributed by atoms with van der Waals surface area (Å²) in [6.45, 7) is 0.677. The minimum atomic E-state index is -4.23. The second-order valence-electron chi connectivity index (χ2n) is 7.45. The maximum absolute atomic E-state index is 13.1. The molecular weight excluding hydrogens is 472 g/mol. The summed E-state index contributed by atoms with van der Waals surface area (Å²) >= 11 is 6.20. The molecule has 2 aliphatic rings. The van der Waals surface area contributed by atoms with Crippen LogP contribution in [-0.4, -0.2) is 80.8 Å². The van der Waals surface area contributed by atoms with Crippen molar-refractivity contribution in [3.8, 4) is 0 Å². The van der Waals surface area contributed by atoms with Gasteiger partial charge in [-0.25, -0.2) is 26.9 Å². The Kier molecular flexibility index (Phi) is 7.50. The van der Waals surface area contributed by atoms with E-state index in [1.54, 1.807) is 13.2 Å². The molecule has 2 unspecified atom stereocenters. The minimum absolute atomic E-state index is 0.0240. The van der Waals surface area contributed by atoms with E-state index in [1.807, 2.05) is 0 Å². The van der Waals surface area contributed by atoms with Crippen LogP contribution >= 0.6 is 11.6 Å². The van der Waals surface area contributed by atoms with Gasteiger partial charge in [0, 0.05) is 26.4 Å². The normalized spacial score (nSPS) is 26.0. The molecule has 0 bridgehead atoms. The van der Waals surface area contributed by atoms with Gasteiger partial charge >= 0.3 is 0 Å². The number of aromatic nitrogens is 2. The number of sulfonamides is 1. The second kappa shape index (κ2) is 9.79. The van der Waals surface area contributed by atoms with Gasteiger partial charge in [-0.3, -0.25) is 0 Å². The van der Waals surface area contributed by atoms with Crippen molar-refractivity contribution in [3.63, 3.8) is 0 Å². The van der Waals surface area contributed by atoms with E-state index < -0.39 is 46.0 Å². The zero-order chi connectivity index (χ0) is 23.5. The Balaban J connectivity index is 1.66. The maximum atomic E-state index is 13.1. The lowest BCUT2D eigenvalue weighted by atomic mass is 10.1. The summed E-state index contributed by atoms with van der Waals surface area (Å²) in [6, 6.07) is -1.21. The van der Waals surface area contributed by atoms with Crippen molar-refractivity contribution in [1.82, 2.24) is 20.0 Å². The number of halogens is 3. The highest BCUT2D eigenvalue weighted by Gasteiger charge is 2.49. The van der Waals surface area contributed by atoms with Crippen molar-refractivity contribution >= 4 is 39.6 Å². The van der Waals surface area contributed by atoms with Crippen molar-refractivity contribution in [2.24, 2.45) is 0 Å². The van der Waals surface area contributed by atoms with Gasteiger partial charge in [-0.15, -0.1) is 0 Å². The molecular formula is C17H24ClF2N7O4S. The molecule has 2 aliphatic heterocycles. The van der Waals surface area contributed by atoms with Gasteiger partial charge in [-0.1, -0.05) is 11.6 Å². The van der Waals surface area contributed by atoms with Crippen LogP contribution in [0.25, 0.3) is 0 Å². The standard InChI is InChI=1S/C17H24ClF2N7O4S/c1-17(19,20)8-32(28,29)27-12-7-31-13-11(6-30-14(12)13)25-15-10(18)5-23-16(26-15)24-9(3-21)4-22-2/h3-5,11-14,21-22,27H,6-8H2,1-2H3,(H2,23,24,25,26)/b9-4+,21-3?/t11-,12+,13?,14?/m1/s1. The van der Waals surface area contributed by atoms with Crippen molar-refractivity contribution < 1.29 is 26.7 Å². The molecule has 0 aromatic carbocycles. The van der Waals surface area contributed by atoms with Gasteiger partial charge in [0.15, 0.2) is 5.82 Å². The number of allylic oxidation sites excluding steroid dienone is 1. The Morgan fingerprint density at radius 1 is 1.34 bits per heavy atom. The van der Waals surface area contributed by atoms with Crippen LogP contribution in [0.5, 0.6) is 0 Å². The summed E-state index contributed by atoms with van der Waals surface area (Å²) in [5, 5.41) is 16.4. The highest BCUT2D eigenvalue weighted by atomic mass is 35.5. The average molecular weight is 496 g/mol. The minimum Gasteiger partial charge on any atom is -0.392 e. The van der Waals surface area contributed by atoms with E-state index >= 15 is 0 Å². The SMILES string of the molecule is CN/C=C(\C=N)Nc1ncc(Cl)c(N[C@@H]2COC3C2OC[C@@H]3NS(=O)(=O)CC(C)(F)F)n1. The Labute approximate surface area is 188 Å². The third-order valence-electron chi connectivity index (χ3n) is 4.61. The van der Waals surface area contributed by atoms with Crippen LogP contribution in [0.15, 0.2) is 18.1 Å². The summed E-state index contributed by atoms with van der Waals surface area (Å²) in [6.07, 6.45) is 2.81. The third-order valence-corrected chi connectivity index (χ3v) is 6.43. The smallest absolute Gasteiger partial charge is 0.260 e. The van der Waals surface area contributed by atoms with Gasteiger partial charge in [0.2, 0.25) is 16.0 Å². The van der Waals surface area contributed by atoms with E-state index in [1.165, 1.54) is 6.20 Å². The van der Waals surface area contributed by atoms with Gasteiger partial charge in [-0.2, -0.15) is 4.98 Å². The number of fused-ring (bicyclic) bond motifs is 1. The summed E-state index contributed by atoms with van der Waals surface area (Å²) in [7, 11) is -2.55. The van der Waals surface area contributed by atoms with Crippen molar-refractivity contribution in [2.75, 3.05) is 36.6 Å². The van der Waals surface area contributed by atoms with Crippen molar-refractivity contribution in [1.29, 1.82) is 5.41 Å². The lowest BCUT2D eigenvalue weighted by Crippen LogP contribution is -2.47. The monoisotopic (exact) mass is 495 g/mol. The number of anilines is 2. The van der Waals surface area contributed by atoms with Crippen LogP contribution in [0.3, 0.4) is 0 Å². The highest BCUT2D eigenvalue weighted by Crippen LogP contribution is 2.31. The van der Waals surface area contributed by atoms with Gasteiger partial charge in [0.05, 0.1) is 37.2 Å². The molecule has 0 spiro atoms. The Bertz CT molecular complexity index is 976. The molecule has 3 heterocycles. The fourth-order valence-corrected chi connectivity index (χ4v) is 4.99. The van der Waals surface area contributed by atoms with Gasteiger partial charge in [0.1, 0.15) is 23.0 Å².